The molecule has 0 aromatic rings. The quantitative estimate of drug-likeness (QED) is 0.0182. The van der Waals surface area contributed by atoms with E-state index < -0.39 is 262 Å². The van der Waals surface area contributed by atoms with E-state index in [1.807, 2.05) is 0 Å². The molecule has 8 rings (SSSR count). The zero-order chi connectivity index (χ0) is 70.9. The van der Waals surface area contributed by atoms with Crippen LogP contribution in [-0.4, -0.2) is 337 Å². The molecule has 8 heterocycles. The molecule has 46 nitrogen and oxygen atoms in total. The van der Waals surface area contributed by atoms with Gasteiger partial charge in [-0.3, -0.25) is 26.0 Å². The molecule has 8 N–H and O–H groups in total. The van der Waals surface area contributed by atoms with Crippen molar-refractivity contribution in [3.63, 3.8) is 0 Å². The molecule has 8 saturated heterocycles. The molecule has 0 aromatic carbocycles. The summed E-state index contributed by atoms with van der Waals surface area (Å²) in [6.45, 7) is 1.03. The minimum atomic E-state index is -5.43. The van der Waals surface area contributed by atoms with Gasteiger partial charge in [0.25, 0.3) is 0 Å². The zero-order valence-corrected chi connectivity index (χ0v) is 54.0. The fourth-order valence-corrected chi connectivity index (χ4v) is 13.6. The minimum absolute atomic E-state index is 0.0874. The van der Waals surface area contributed by atoms with E-state index in [9.17, 15) is 111 Å². The van der Waals surface area contributed by atoms with Gasteiger partial charge in [-0.05, 0) is 0 Å². The monoisotopic (exact) mass is 1500 g/mol. The highest BCUT2D eigenvalue weighted by atomic mass is 32.3. The van der Waals surface area contributed by atoms with Crippen LogP contribution < -0.4 is 5.26 Å². The third kappa shape index (κ3) is 21.9. The highest BCUT2D eigenvalue weighted by molar-refractivity contribution is 7.81. The fraction of sp³-hybridized carbons (Fsp3) is 1.00. The van der Waals surface area contributed by atoms with Crippen molar-refractivity contribution < 1.29 is 212 Å². The second-order valence-electron chi connectivity index (χ2n) is 21.1. The van der Waals surface area contributed by atoms with E-state index in [2.05, 4.69) is 43.4 Å². The Kier molecular flexibility index (Phi) is 31.2. The van der Waals surface area contributed by atoms with Crippen molar-refractivity contribution in [2.45, 2.75) is 187 Å². The first-order valence-corrected chi connectivity index (χ1v) is 33.9. The molecule has 94 heavy (non-hydrogen) atoms. The summed E-state index contributed by atoms with van der Waals surface area (Å²) in [7, 11) is -22.7. The Morgan fingerprint density at radius 1 is 0.394 bits per heavy atom. The van der Waals surface area contributed by atoms with Crippen LogP contribution in [0.5, 0.6) is 0 Å². The summed E-state index contributed by atoms with van der Waals surface area (Å²) in [4.78, 5) is 4.21. The molecule has 8 aliphatic rings. The lowest BCUT2D eigenvalue weighted by molar-refractivity contribution is -0.801. The molecule has 8 fully saturated rings. The lowest BCUT2D eigenvalue weighted by Crippen LogP contribution is -2.64. The van der Waals surface area contributed by atoms with Crippen LogP contribution in [0.15, 0.2) is 0 Å². The van der Waals surface area contributed by atoms with Crippen molar-refractivity contribution in [3.8, 4) is 0 Å². The van der Waals surface area contributed by atoms with Gasteiger partial charge in [-0.1, -0.05) is 20.8 Å². The Morgan fingerprint density at radius 2 is 0.745 bits per heavy atom. The van der Waals surface area contributed by atoms with Crippen molar-refractivity contribution in [1.29, 1.82) is 0 Å². The summed E-state index contributed by atoms with van der Waals surface area (Å²) in [5, 5.41) is 93.9. The summed E-state index contributed by atoms with van der Waals surface area (Å²) >= 11 is 2.83. The van der Waals surface area contributed by atoms with Gasteiger partial charge in [0.1, 0.15) is 116 Å². The molecule has 0 spiro atoms. The van der Waals surface area contributed by atoms with Gasteiger partial charge in [-0.15, -0.1) is 0 Å². The van der Waals surface area contributed by atoms with Crippen molar-refractivity contribution in [2.75, 3.05) is 61.0 Å². The van der Waals surface area contributed by atoms with Crippen LogP contribution in [0, 0.1) is 17.8 Å². The van der Waals surface area contributed by atoms with Crippen LogP contribution in [0.3, 0.4) is 0 Å². The van der Waals surface area contributed by atoms with E-state index in [-0.39, 0.29) is 13.2 Å². The summed E-state index contributed by atoms with van der Waals surface area (Å²) in [5.41, 5.74) is 0. The molecule has 0 aromatic heterocycles. The van der Waals surface area contributed by atoms with Crippen LogP contribution in [0.4, 0.5) is 0 Å². The summed E-state index contributed by atoms with van der Waals surface area (Å²) in [5.74, 6) is -3.16. The van der Waals surface area contributed by atoms with E-state index in [4.69, 9.17) is 70.5 Å². The van der Waals surface area contributed by atoms with E-state index in [1.165, 1.54) is 35.0 Å². The van der Waals surface area contributed by atoms with Crippen molar-refractivity contribution >= 4 is 64.5 Å². The van der Waals surface area contributed by atoms with Crippen LogP contribution >= 0.6 is 0 Å². The smallest absolute Gasteiger partial charge is 0.218 e. The zero-order valence-electron chi connectivity index (χ0n) is 49.1. The van der Waals surface area contributed by atoms with Gasteiger partial charge >= 0.3 is 0 Å². The highest BCUT2D eigenvalue weighted by Crippen LogP contribution is 2.41. The summed E-state index contributed by atoms with van der Waals surface area (Å²) < 4.78 is 271. The predicted octanol–water partition coefficient (Wildman–Crippen LogP) is -12.0. The predicted molar refractivity (Wildman–Crippen MR) is 274 cm³/mol. The molecule has 8 aliphatic heterocycles. The number of ether oxygens (including phenoxy) is 14. The van der Waals surface area contributed by atoms with Gasteiger partial charge in [0.2, 0.25) is 52.0 Å². The van der Waals surface area contributed by atoms with Gasteiger partial charge in [0.15, 0.2) is 62.5 Å². The SMILES string of the molecule is CO[C@H]1OC(COO[O-])[C@H](O[C@@H]2OC(CO)[C@H](O)[C@H](C)C2OS(=O)(=O)[O-])[C@H](O)C1OS(=O)(=O)[O-].CO[C@H]1OC2COC([C@H]2O[C@@H]2OC(CO)[C@H](OS(=O)(=O)[O-])[C@H](C)C2O)[C@@H]1O.CO[C@H]1OC2COC([C@H]2O[C@@H]2OC(CO)[C@H](OS(=O)(=O)[O-])[C@H](C)C2O)[C@@H]1OS(=O)(=O)[O-].O=S. The minimum Gasteiger partial charge on any atom is -0.726 e. The molecule has 0 aliphatic carbocycles. The van der Waals surface area contributed by atoms with Gasteiger partial charge in [0.05, 0.1) is 39.1 Å². The van der Waals surface area contributed by atoms with Crippen molar-refractivity contribution in [1.82, 2.24) is 0 Å². The fourth-order valence-electron chi connectivity index (χ4n) is 10.9. The molecule has 12 unspecified atom stereocenters. The topological polar surface area (TPSA) is 682 Å². The Labute approximate surface area is 540 Å². The molecule has 4 bridgehead atoms. The first kappa shape index (κ1) is 83.0. The van der Waals surface area contributed by atoms with Gasteiger partial charge < -0.3 is 135 Å². The van der Waals surface area contributed by atoms with Crippen molar-refractivity contribution in [3.05, 3.63) is 0 Å². The molecular weight excluding hydrogens is 1430 g/mol. The van der Waals surface area contributed by atoms with E-state index >= 15 is 0 Å². The van der Waals surface area contributed by atoms with Crippen LogP contribution in [-0.2, 0) is 162 Å². The number of fused-ring (bicyclic) bond motifs is 4. The normalized spacial score (nSPS) is 42.6. The maximum Gasteiger partial charge on any atom is 0.218 e. The Balaban J connectivity index is 0.000000253. The maximum atomic E-state index is 11.2. The van der Waals surface area contributed by atoms with Crippen LogP contribution in [0.25, 0.3) is 0 Å². The average Bonchev–Trinajstić information content (AvgIpc) is 1.44. The standard InChI is InChI=1S/C14H26O18S2.C14H24O15S2.C14H24O12S.OS/c1-5-8(16)6(3-15)27-14(10(5)30-33(19,20)21)29-11-7(4-26-32-18)28-13(25-2)12(9(11)17)31-34(22,23)24;1-5-8(16)13(25-6(3-15)9(5)28-30(17,18)19)27-10-7-4-24-11(10)12(14(23-2)26-7)29-31(20,21)22;1-5-8(16)14(23-6(3-15)10(5)26-27(18,19)20)25-11-7-4-22-12(11)9(17)13(21-2)24-7;1-2/h5-18H,3-4H2,1-2H3,(H,19,20,21)(H,22,23,24);5-16H,3-4H2,1-2H3,(H,17,18,19)(H,20,21,22);5-17H,3-4H2,1-2H3,(H,18,19,20);/p-6/t5-,6?,7?,8+,9-,10?,11-,12?,13-,14-;5-,6?,7?,8?,9-,10+,11?,12+,13+,14+;5-,6?,7?,8?,9+,10-,11+,12?,13+,14+;/m011./s1. The molecular formula is C42H68O46S6-6. The molecule has 0 amide bonds. The molecule has 52 heteroatoms. The van der Waals surface area contributed by atoms with Gasteiger partial charge in [-0.2, -0.15) is 4.21 Å². The molecule has 0 saturated carbocycles. The Morgan fingerprint density at radius 3 is 1.17 bits per heavy atom. The largest absolute Gasteiger partial charge is 0.726 e. The average molecular weight is 1500 g/mol. The summed E-state index contributed by atoms with van der Waals surface area (Å²) in [6.07, 6.45) is -37.1. The van der Waals surface area contributed by atoms with E-state index in [0.29, 0.717) is 0 Å². The van der Waals surface area contributed by atoms with E-state index in [1.54, 1.807) is 0 Å². The summed E-state index contributed by atoms with van der Waals surface area (Å²) in [6, 6.07) is 0. The number of methoxy groups -OCH3 is 3. The number of hydrogen-bond donors (Lipinski definition) is 8. The molecule has 554 valence electrons. The third-order valence-corrected chi connectivity index (χ3v) is 17.6. The number of aliphatic hydroxyl groups excluding tert-OH is 8. The number of aliphatic hydroxyl groups is 8. The van der Waals surface area contributed by atoms with Crippen molar-refractivity contribution in [2.24, 2.45) is 17.8 Å². The Hall–Kier alpha value is -1.63. The lowest BCUT2D eigenvalue weighted by atomic mass is 9.90. The van der Waals surface area contributed by atoms with Gasteiger partial charge in [0, 0.05) is 39.1 Å². The number of hydrogen-bond acceptors (Lipinski definition) is 47. The second kappa shape index (κ2) is 35.3. The second-order valence-corrected chi connectivity index (χ2v) is 26.2. The molecule has 0 radical (unpaired) electrons. The van der Waals surface area contributed by atoms with Crippen LogP contribution in [0.2, 0.25) is 0 Å². The first-order valence-electron chi connectivity index (χ1n) is 26.9. The maximum absolute atomic E-state index is 11.2. The molecule has 30 atom stereocenters. The lowest BCUT2D eigenvalue weighted by Gasteiger charge is -2.47. The Bertz CT molecular complexity index is 2920. The number of rotatable bonds is 25. The van der Waals surface area contributed by atoms with Crippen LogP contribution in [0.1, 0.15) is 20.8 Å². The highest BCUT2D eigenvalue weighted by Gasteiger charge is 2.59. The third-order valence-electron chi connectivity index (χ3n) is 15.3. The first-order chi connectivity index (χ1) is 43.7. The van der Waals surface area contributed by atoms with E-state index in [0.717, 1.165) is 7.11 Å². The van der Waals surface area contributed by atoms with Gasteiger partial charge in [-0.25, -0.2) is 47.0 Å².